The first-order valence-corrected chi connectivity index (χ1v) is 8.41. The van der Waals surface area contributed by atoms with Gasteiger partial charge in [-0.15, -0.1) is 0 Å². The van der Waals surface area contributed by atoms with Gasteiger partial charge in [0.15, 0.2) is 5.78 Å². The van der Waals surface area contributed by atoms with E-state index >= 15 is 0 Å². The molecule has 1 aliphatic rings. The molecule has 8 heteroatoms. The molecule has 1 fully saturated rings. The molecule has 1 amide bonds. The fourth-order valence-electron chi connectivity index (χ4n) is 3.01. The van der Waals surface area contributed by atoms with E-state index in [1.54, 1.807) is 18.7 Å². The van der Waals surface area contributed by atoms with Crippen LogP contribution < -0.4 is 5.56 Å². The van der Waals surface area contributed by atoms with Gasteiger partial charge in [0.2, 0.25) is 0 Å². The van der Waals surface area contributed by atoms with Crippen molar-refractivity contribution in [3.63, 3.8) is 0 Å². The first kappa shape index (κ1) is 17.6. The normalized spacial score (nSPS) is 13.7. The number of nitriles is 1. The minimum Gasteiger partial charge on any atom is -0.356 e. The molecular formula is C18H19N5O3. The summed E-state index contributed by atoms with van der Waals surface area (Å²) >= 11 is 0. The zero-order chi connectivity index (χ0) is 18.8. The third-order valence-corrected chi connectivity index (χ3v) is 4.67. The lowest BCUT2D eigenvalue weighted by Gasteiger charge is -2.13. The summed E-state index contributed by atoms with van der Waals surface area (Å²) in [4.78, 5) is 41.7. The van der Waals surface area contributed by atoms with Crippen molar-refractivity contribution < 1.29 is 9.59 Å². The Morgan fingerprint density at radius 2 is 2.00 bits per heavy atom. The number of aromatic nitrogens is 3. The van der Waals surface area contributed by atoms with E-state index in [4.69, 9.17) is 5.26 Å². The van der Waals surface area contributed by atoms with Crippen molar-refractivity contribution in [3.05, 3.63) is 50.7 Å². The number of aromatic amines is 1. The largest absolute Gasteiger partial charge is 0.356 e. The van der Waals surface area contributed by atoms with Crippen LogP contribution >= 0.6 is 0 Å². The van der Waals surface area contributed by atoms with Crippen molar-refractivity contribution in [2.24, 2.45) is 0 Å². The van der Waals surface area contributed by atoms with Crippen molar-refractivity contribution >= 4 is 11.7 Å². The summed E-state index contributed by atoms with van der Waals surface area (Å²) in [6.45, 7) is 4.49. The molecule has 0 spiro atoms. The van der Waals surface area contributed by atoms with Gasteiger partial charge in [-0.25, -0.2) is 4.68 Å². The molecule has 0 radical (unpaired) electrons. The van der Waals surface area contributed by atoms with Crippen LogP contribution in [0.1, 0.15) is 50.5 Å². The quantitative estimate of drug-likeness (QED) is 0.830. The Hall–Kier alpha value is -3.21. The van der Waals surface area contributed by atoms with E-state index in [1.807, 2.05) is 6.07 Å². The highest BCUT2D eigenvalue weighted by Crippen LogP contribution is 2.14. The number of carbonyl (C=O) groups excluding carboxylic acids is 2. The molecule has 1 aliphatic heterocycles. The molecule has 0 unspecified atom stereocenters. The van der Waals surface area contributed by atoms with Gasteiger partial charge in [0, 0.05) is 24.8 Å². The lowest BCUT2D eigenvalue weighted by molar-refractivity contribution is 0.0787. The zero-order valence-electron chi connectivity index (χ0n) is 14.7. The SMILES string of the molecule is Cc1nn(CC(=O)c2c[nH]c(C(=O)N3CCCC3)c2)c(=O)c(C#N)c1C. The molecule has 134 valence electrons. The first-order valence-electron chi connectivity index (χ1n) is 8.41. The second-order valence-corrected chi connectivity index (χ2v) is 6.38. The molecule has 0 atom stereocenters. The molecule has 8 nitrogen and oxygen atoms in total. The number of aryl methyl sites for hydroxylation is 1. The highest BCUT2D eigenvalue weighted by atomic mass is 16.2. The van der Waals surface area contributed by atoms with E-state index in [9.17, 15) is 14.4 Å². The fourth-order valence-corrected chi connectivity index (χ4v) is 3.01. The Kier molecular flexibility index (Phi) is 4.71. The number of rotatable bonds is 4. The van der Waals surface area contributed by atoms with E-state index in [2.05, 4.69) is 10.1 Å². The van der Waals surface area contributed by atoms with E-state index in [-0.39, 0.29) is 23.8 Å². The van der Waals surface area contributed by atoms with Crippen LogP contribution in [0.5, 0.6) is 0 Å². The lowest BCUT2D eigenvalue weighted by Crippen LogP contribution is -2.30. The average Bonchev–Trinajstić information content (AvgIpc) is 3.31. The van der Waals surface area contributed by atoms with Crippen LogP contribution in [0.15, 0.2) is 17.1 Å². The molecule has 26 heavy (non-hydrogen) atoms. The molecule has 2 aromatic heterocycles. The minimum atomic E-state index is -0.590. The molecule has 1 N–H and O–H groups in total. The van der Waals surface area contributed by atoms with E-state index in [1.165, 1.54) is 12.3 Å². The number of nitrogens with zero attached hydrogens (tertiary/aromatic N) is 4. The molecule has 3 heterocycles. The second-order valence-electron chi connectivity index (χ2n) is 6.38. The number of Topliss-reactive ketones (excluding diaryl/α,β-unsaturated/α-hetero) is 1. The number of hydrogen-bond acceptors (Lipinski definition) is 5. The van der Waals surface area contributed by atoms with Gasteiger partial charge >= 0.3 is 0 Å². The number of hydrogen-bond donors (Lipinski definition) is 1. The van der Waals surface area contributed by atoms with Crippen molar-refractivity contribution in [2.45, 2.75) is 33.2 Å². The van der Waals surface area contributed by atoms with Gasteiger partial charge in [-0.3, -0.25) is 14.4 Å². The summed E-state index contributed by atoms with van der Waals surface area (Å²) in [5, 5.41) is 13.2. The summed E-state index contributed by atoms with van der Waals surface area (Å²) < 4.78 is 0.998. The Morgan fingerprint density at radius 3 is 2.65 bits per heavy atom. The van der Waals surface area contributed by atoms with Crippen LogP contribution in [0, 0.1) is 25.2 Å². The van der Waals surface area contributed by atoms with Crippen LogP contribution in [0.2, 0.25) is 0 Å². The maximum absolute atomic E-state index is 12.5. The minimum absolute atomic E-state index is 0.00994. The number of nitrogens with one attached hydrogen (secondary N) is 1. The maximum atomic E-state index is 12.5. The molecule has 0 aliphatic carbocycles. The van der Waals surface area contributed by atoms with Crippen LogP contribution in [-0.4, -0.2) is 44.4 Å². The van der Waals surface area contributed by atoms with Crippen molar-refractivity contribution in [3.8, 4) is 6.07 Å². The summed E-state index contributed by atoms with van der Waals surface area (Å²) in [6.07, 6.45) is 3.44. The van der Waals surface area contributed by atoms with Crippen LogP contribution in [0.4, 0.5) is 0 Å². The van der Waals surface area contributed by atoms with Gasteiger partial charge in [0.25, 0.3) is 11.5 Å². The predicted octanol–water partition coefficient (Wildman–Crippen LogP) is 1.18. The fraction of sp³-hybridized carbons (Fsp3) is 0.389. The molecular weight excluding hydrogens is 334 g/mol. The van der Waals surface area contributed by atoms with Gasteiger partial charge in [-0.2, -0.15) is 10.4 Å². The van der Waals surface area contributed by atoms with Crippen molar-refractivity contribution in [2.75, 3.05) is 13.1 Å². The zero-order valence-corrected chi connectivity index (χ0v) is 14.7. The van der Waals surface area contributed by atoms with Gasteiger partial charge in [0.1, 0.15) is 23.9 Å². The lowest BCUT2D eigenvalue weighted by atomic mass is 10.1. The maximum Gasteiger partial charge on any atom is 0.285 e. The standard InChI is InChI=1S/C18H19N5O3/c1-11-12(2)21-23(17(25)14(11)8-19)10-16(24)13-7-15(20-9-13)18(26)22-5-3-4-6-22/h7,9,20H,3-6,10H2,1-2H3. The summed E-state index contributed by atoms with van der Waals surface area (Å²) in [5.41, 5.74) is 1.10. The Balaban J connectivity index is 1.82. The number of likely N-dealkylation sites (tertiary alicyclic amines) is 1. The average molecular weight is 353 g/mol. The van der Waals surface area contributed by atoms with Gasteiger partial charge in [-0.05, 0) is 38.3 Å². The van der Waals surface area contributed by atoms with Crippen molar-refractivity contribution in [1.29, 1.82) is 5.26 Å². The first-order chi connectivity index (χ1) is 12.4. The summed E-state index contributed by atoms with van der Waals surface area (Å²) in [7, 11) is 0. The number of ketones is 1. The molecule has 3 rings (SSSR count). The highest BCUT2D eigenvalue weighted by Gasteiger charge is 2.22. The molecule has 2 aromatic rings. The predicted molar refractivity (Wildman–Crippen MR) is 92.9 cm³/mol. The summed E-state index contributed by atoms with van der Waals surface area (Å²) in [6, 6.07) is 3.37. The number of H-pyrrole nitrogens is 1. The number of amides is 1. The number of carbonyl (C=O) groups is 2. The van der Waals surface area contributed by atoms with E-state index < -0.39 is 5.56 Å². The second kappa shape index (κ2) is 6.96. The van der Waals surface area contributed by atoms with Crippen LogP contribution in [0.3, 0.4) is 0 Å². The molecule has 0 bridgehead atoms. The van der Waals surface area contributed by atoms with Crippen molar-refractivity contribution in [1.82, 2.24) is 19.7 Å². The third kappa shape index (κ3) is 3.16. The molecule has 0 saturated carbocycles. The summed E-state index contributed by atoms with van der Waals surface area (Å²) in [5.74, 6) is -0.488. The Bertz CT molecular complexity index is 974. The Labute approximate surface area is 150 Å². The molecule has 0 aromatic carbocycles. The van der Waals surface area contributed by atoms with Crippen LogP contribution in [0.25, 0.3) is 0 Å². The van der Waals surface area contributed by atoms with Gasteiger partial charge in [-0.1, -0.05) is 0 Å². The van der Waals surface area contributed by atoms with Gasteiger partial charge < -0.3 is 9.88 Å². The highest BCUT2D eigenvalue weighted by molar-refractivity contribution is 6.00. The Morgan fingerprint density at radius 1 is 1.31 bits per heavy atom. The van der Waals surface area contributed by atoms with E-state index in [0.29, 0.717) is 22.5 Å². The third-order valence-electron chi connectivity index (χ3n) is 4.67. The van der Waals surface area contributed by atoms with E-state index in [0.717, 1.165) is 30.6 Å². The van der Waals surface area contributed by atoms with Crippen LogP contribution in [-0.2, 0) is 6.54 Å². The molecule has 1 saturated heterocycles. The monoisotopic (exact) mass is 353 g/mol. The topological polar surface area (TPSA) is 112 Å². The van der Waals surface area contributed by atoms with Gasteiger partial charge in [0.05, 0.1) is 5.69 Å². The smallest absolute Gasteiger partial charge is 0.285 e.